The third-order valence-electron chi connectivity index (χ3n) is 3.29. The predicted molar refractivity (Wildman–Crippen MR) is 79.8 cm³/mol. The lowest BCUT2D eigenvalue weighted by molar-refractivity contribution is 0.250. The third kappa shape index (κ3) is 2.42. The summed E-state index contributed by atoms with van der Waals surface area (Å²) in [5, 5.41) is 0.165. The molecular weight excluding hydrogens is 331 g/mol. The average Bonchev–Trinajstić information content (AvgIpc) is 2.45. The zero-order valence-corrected chi connectivity index (χ0v) is 12.7. The summed E-state index contributed by atoms with van der Waals surface area (Å²) in [5.74, 6) is -0.564. The zero-order chi connectivity index (χ0) is 15.9. The van der Waals surface area contributed by atoms with Crippen molar-refractivity contribution in [2.24, 2.45) is 0 Å². The maximum atomic E-state index is 13.9. The second kappa shape index (κ2) is 5.26. The topological polar surface area (TPSA) is 66.5 Å². The van der Waals surface area contributed by atoms with E-state index in [9.17, 15) is 17.6 Å². The fourth-order valence-corrected chi connectivity index (χ4v) is 3.62. The van der Waals surface area contributed by atoms with Crippen molar-refractivity contribution in [2.75, 3.05) is 4.90 Å². The van der Waals surface area contributed by atoms with E-state index >= 15 is 0 Å². The summed E-state index contributed by atoms with van der Waals surface area (Å²) in [4.78, 5) is 13.2. The maximum Gasteiger partial charge on any atom is 0.336 e. The summed E-state index contributed by atoms with van der Waals surface area (Å²) in [7, 11) is -3.90. The van der Waals surface area contributed by atoms with Gasteiger partial charge in [-0.15, -0.1) is 0 Å². The first kappa shape index (κ1) is 14.8. The summed E-state index contributed by atoms with van der Waals surface area (Å²) < 4.78 is 39.7. The molecule has 22 heavy (non-hydrogen) atoms. The molecule has 0 unspecified atom stereocenters. The molecule has 0 radical (unpaired) electrons. The van der Waals surface area contributed by atoms with Crippen molar-refractivity contribution in [1.29, 1.82) is 0 Å². The van der Waals surface area contributed by atoms with Crippen molar-refractivity contribution in [2.45, 2.75) is 11.4 Å². The molecule has 1 aliphatic heterocycles. The van der Waals surface area contributed by atoms with Crippen molar-refractivity contribution in [3.63, 3.8) is 0 Å². The Kier molecular flexibility index (Phi) is 3.54. The van der Waals surface area contributed by atoms with E-state index in [1.54, 1.807) is 12.1 Å². The van der Waals surface area contributed by atoms with Gasteiger partial charge in [-0.05, 0) is 24.3 Å². The Morgan fingerprint density at radius 3 is 2.59 bits per heavy atom. The molecular formula is C14H10ClFN2O3S. The van der Waals surface area contributed by atoms with Crippen LogP contribution < -0.4 is 9.62 Å². The standard InChI is InChI=1S/C14H10ClFN2O3S/c15-10-4-3-5-11(16)9(10)8-18-12-6-1-2-7-13(12)22(20,21)17-14(18)19/h1-7H,8H2,(H,17,19). The molecule has 0 saturated heterocycles. The second-order valence-electron chi connectivity index (χ2n) is 4.66. The molecule has 0 atom stereocenters. The highest BCUT2D eigenvalue weighted by atomic mass is 35.5. The van der Waals surface area contributed by atoms with Crippen molar-refractivity contribution >= 4 is 33.3 Å². The van der Waals surface area contributed by atoms with Gasteiger partial charge in [0.1, 0.15) is 10.7 Å². The molecule has 1 N–H and O–H groups in total. The summed E-state index contributed by atoms with van der Waals surface area (Å²) in [6, 6.07) is 9.34. The first-order chi connectivity index (χ1) is 10.4. The number of hydrogen-bond donors (Lipinski definition) is 1. The minimum atomic E-state index is -3.90. The number of sulfonamides is 1. The minimum absolute atomic E-state index is 0.0398. The second-order valence-corrected chi connectivity index (χ2v) is 6.72. The van der Waals surface area contributed by atoms with Crippen LogP contribution in [0.4, 0.5) is 14.9 Å². The molecule has 3 rings (SSSR count). The van der Waals surface area contributed by atoms with Crippen LogP contribution in [0.5, 0.6) is 0 Å². The van der Waals surface area contributed by atoms with Gasteiger partial charge in [0.2, 0.25) is 0 Å². The fraction of sp³-hybridized carbons (Fsp3) is 0.0714. The number of benzene rings is 2. The monoisotopic (exact) mass is 340 g/mol. The quantitative estimate of drug-likeness (QED) is 0.914. The van der Waals surface area contributed by atoms with Crippen molar-refractivity contribution in [3.05, 3.63) is 58.9 Å². The predicted octanol–water partition coefficient (Wildman–Crippen LogP) is 2.90. The lowest BCUT2D eigenvalue weighted by Crippen LogP contribution is -2.47. The van der Waals surface area contributed by atoms with E-state index in [-0.39, 0.29) is 27.7 Å². The molecule has 2 amide bonds. The van der Waals surface area contributed by atoms with Crippen molar-refractivity contribution in [1.82, 2.24) is 4.72 Å². The molecule has 0 aliphatic carbocycles. The summed E-state index contributed by atoms with van der Waals surface area (Å²) in [6.45, 7) is -0.177. The van der Waals surface area contributed by atoms with Crippen LogP contribution in [0.2, 0.25) is 5.02 Å². The molecule has 5 nitrogen and oxygen atoms in total. The minimum Gasteiger partial charge on any atom is -0.288 e. The molecule has 0 bridgehead atoms. The zero-order valence-electron chi connectivity index (χ0n) is 11.1. The van der Waals surface area contributed by atoms with E-state index < -0.39 is 21.9 Å². The Hall–Kier alpha value is -2.12. The number of anilines is 1. The Bertz CT molecular complexity index is 850. The van der Waals surface area contributed by atoms with E-state index in [0.29, 0.717) is 0 Å². The Morgan fingerprint density at radius 2 is 1.86 bits per heavy atom. The summed E-state index contributed by atoms with van der Waals surface area (Å²) >= 11 is 5.96. The first-order valence-corrected chi connectivity index (χ1v) is 8.12. The van der Waals surface area contributed by atoms with Gasteiger partial charge in [0.05, 0.1) is 12.2 Å². The number of nitrogens with zero attached hydrogens (tertiary/aromatic N) is 1. The number of para-hydroxylation sites is 1. The van der Waals surface area contributed by atoms with Gasteiger partial charge in [0.15, 0.2) is 0 Å². The van der Waals surface area contributed by atoms with Gasteiger partial charge >= 0.3 is 6.03 Å². The van der Waals surface area contributed by atoms with E-state index in [1.807, 2.05) is 4.72 Å². The van der Waals surface area contributed by atoms with Gasteiger partial charge < -0.3 is 0 Å². The van der Waals surface area contributed by atoms with Gasteiger partial charge in [0.25, 0.3) is 10.0 Å². The van der Waals surface area contributed by atoms with Crippen molar-refractivity contribution in [3.8, 4) is 0 Å². The summed E-state index contributed by atoms with van der Waals surface area (Å²) in [6.07, 6.45) is 0. The molecule has 0 spiro atoms. The summed E-state index contributed by atoms with van der Waals surface area (Å²) in [5.41, 5.74) is 0.305. The number of carbonyl (C=O) groups excluding carboxylic acids is 1. The van der Waals surface area contributed by atoms with Crippen LogP contribution in [0.15, 0.2) is 47.4 Å². The van der Waals surface area contributed by atoms with Gasteiger partial charge in [-0.2, -0.15) is 0 Å². The van der Waals surface area contributed by atoms with Crippen LogP contribution in [0.3, 0.4) is 0 Å². The van der Waals surface area contributed by atoms with Crippen LogP contribution in [0.25, 0.3) is 0 Å². The van der Waals surface area contributed by atoms with E-state index in [2.05, 4.69) is 0 Å². The van der Waals surface area contributed by atoms with E-state index in [4.69, 9.17) is 11.6 Å². The normalized spacial score (nSPS) is 16.1. The van der Waals surface area contributed by atoms with E-state index in [1.165, 1.54) is 30.3 Å². The largest absolute Gasteiger partial charge is 0.336 e. The molecule has 2 aromatic carbocycles. The average molecular weight is 341 g/mol. The third-order valence-corrected chi connectivity index (χ3v) is 5.01. The molecule has 0 aromatic heterocycles. The van der Waals surface area contributed by atoms with E-state index in [0.717, 1.165) is 4.90 Å². The number of rotatable bonds is 2. The number of carbonyl (C=O) groups is 1. The Labute approximate surface area is 131 Å². The Balaban J connectivity index is 2.10. The highest BCUT2D eigenvalue weighted by Crippen LogP contribution is 2.31. The fourth-order valence-electron chi connectivity index (χ4n) is 2.24. The molecule has 114 valence electrons. The first-order valence-electron chi connectivity index (χ1n) is 6.26. The molecule has 2 aromatic rings. The van der Waals surface area contributed by atoms with Gasteiger partial charge in [-0.1, -0.05) is 29.8 Å². The SMILES string of the molecule is O=C1NS(=O)(=O)c2ccccc2N1Cc1c(F)cccc1Cl. The number of amides is 2. The smallest absolute Gasteiger partial charge is 0.288 e. The highest BCUT2D eigenvalue weighted by molar-refractivity contribution is 7.90. The van der Waals surface area contributed by atoms with Gasteiger partial charge in [-0.25, -0.2) is 22.3 Å². The number of halogens is 2. The number of fused-ring (bicyclic) bond motifs is 1. The van der Waals surface area contributed by atoms with Crippen LogP contribution in [0, 0.1) is 5.82 Å². The van der Waals surface area contributed by atoms with Crippen LogP contribution >= 0.6 is 11.6 Å². The van der Waals surface area contributed by atoms with Crippen molar-refractivity contribution < 1.29 is 17.6 Å². The molecule has 1 aliphatic rings. The molecule has 0 saturated carbocycles. The van der Waals surface area contributed by atoms with Gasteiger partial charge in [0, 0.05) is 10.6 Å². The lowest BCUT2D eigenvalue weighted by atomic mass is 10.2. The molecule has 0 fully saturated rings. The number of urea groups is 1. The molecule has 8 heteroatoms. The van der Waals surface area contributed by atoms with Crippen LogP contribution in [-0.2, 0) is 16.6 Å². The number of nitrogens with one attached hydrogen (secondary N) is 1. The van der Waals surface area contributed by atoms with Gasteiger partial charge in [-0.3, -0.25) is 4.90 Å². The van der Waals surface area contributed by atoms with Crippen LogP contribution in [0.1, 0.15) is 5.56 Å². The maximum absolute atomic E-state index is 13.9. The lowest BCUT2D eigenvalue weighted by Gasteiger charge is -2.29. The molecule has 1 heterocycles. The highest BCUT2D eigenvalue weighted by Gasteiger charge is 2.34. The number of hydrogen-bond acceptors (Lipinski definition) is 3. The Morgan fingerprint density at radius 1 is 1.14 bits per heavy atom. The van der Waals surface area contributed by atoms with Crippen LogP contribution in [-0.4, -0.2) is 14.4 Å².